The largest absolute Gasteiger partial charge is 0.379 e. The predicted octanol–water partition coefficient (Wildman–Crippen LogP) is 4.42. The summed E-state index contributed by atoms with van der Waals surface area (Å²) in [7, 11) is 0. The number of carbonyl (C=O) groups excluding carboxylic acids is 1. The third-order valence-electron chi connectivity index (χ3n) is 5.09. The van der Waals surface area contributed by atoms with Crippen molar-refractivity contribution in [3.63, 3.8) is 0 Å². The minimum atomic E-state index is 0.00492. The zero-order valence-electron chi connectivity index (χ0n) is 15.8. The molecule has 3 heterocycles. The summed E-state index contributed by atoms with van der Waals surface area (Å²) in [6, 6.07) is 12.6. The van der Waals surface area contributed by atoms with Gasteiger partial charge in [0.1, 0.15) is 0 Å². The van der Waals surface area contributed by atoms with Gasteiger partial charge in [0.15, 0.2) is 0 Å². The first kappa shape index (κ1) is 20.3. The molecule has 28 heavy (non-hydrogen) atoms. The number of ether oxygens (including phenoxy) is 1. The highest BCUT2D eigenvalue weighted by molar-refractivity contribution is 8.16. The number of hydrogen-bond donors (Lipinski definition) is 1. The molecule has 1 atom stereocenters. The molecular formula is C21H26N2O2S3. The maximum Gasteiger partial charge on any atom is 0.251 e. The number of carbonyl (C=O) groups is 1. The highest BCUT2D eigenvalue weighted by atomic mass is 32.2. The zero-order valence-corrected chi connectivity index (χ0v) is 18.3. The molecule has 2 fully saturated rings. The SMILES string of the molecule is O=C(NCC(c1cccs1)N1CCOCC1)c1ccc(C2SCCCS2)cc1. The van der Waals surface area contributed by atoms with Crippen LogP contribution in [0.15, 0.2) is 41.8 Å². The lowest BCUT2D eigenvalue weighted by Gasteiger charge is -2.34. The molecule has 150 valence electrons. The first-order valence-corrected chi connectivity index (χ1v) is 12.8. The average molecular weight is 435 g/mol. The predicted molar refractivity (Wildman–Crippen MR) is 121 cm³/mol. The Bertz CT molecular complexity index is 740. The maximum absolute atomic E-state index is 12.7. The van der Waals surface area contributed by atoms with Crippen LogP contribution in [0.3, 0.4) is 0 Å². The first-order valence-electron chi connectivity index (χ1n) is 9.78. The van der Waals surface area contributed by atoms with E-state index in [0.717, 1.165) is 31.9 Å². The fraction of sp³-hybridized carbons (Fsp3) is 0.476. The number of benzene rings is 1. The number of nitrogens with one attached hydrogen (secondary N) is 1. The lowest BCUT2D eigenvalue weighted by Crippen LogP contribution is -2.43. The molecule has 4 rings (SSSR count). The summed E-state index contributed by atoms with van der Waals surface area (Å²) in [4.78, 5) is 16.4. The van der Waals surface area contributed by atoms with E-state index >= 15 is 0 Å². The lowest BCUT2D eigenvalue weighted by molar-refractivity contribution is 0.0169. The summed E-state index contributed by atoms with van der Waals surface area (Å²) in [5.74, 6) is 2.46. The molecule has 0 bridgehead atoms. The third-order valence-corrected chi connectivity index (χ3v) is 9.07. The van der Waals surface area contributed by atoms with E-state index in [0.29, 0.717) is 11.1 Å². The Morgan fingerprint density at radius 3 is 2.57 bits per heavy atom. The second kappa shape index (κ2) is 10.2. The quantitative estimate of drug-likeness (QED) is 0.729. The number of morpholine rings is 1. The van der Waals surface area contributed by atoms with Crippen LogP contribution in [0.4, 0.5) is 0 Å². The Balaban J connectivity index is 1.37. The van der Waals surface area contributed by atoms with Crippen LogP contribution in [0, 0.1) is 0 Å². The van der Waals surface area contributed by atoms with Gasteiger partial charge in [0, 0.05) is 30.1 Å². The van der Waals surface area contributed by atoms with E-state index in [9.17, 15) is 4.79 Å². The van der Waals surface area contributed by atoms with Crippen molar-refractivity contribution in [1.29, 1.82) is 0 Å². The Kier molecular flexibility index (Phi) is 7.36. The van der Waals surface area contributed by atoms with E-state index in [1.165, 1.54) is 28.4 Å². The Labute approximate surface area is 179 Å². The second-order valence-electron chi connectivity index (χ2n) is 6.94. The van der Waals surface area contributed by atoms with Gasteiger partial charge in [0.25, 0.3) is 5.91 Å². The van der Waals surface area contributed by atoms with Crippen molar-refractivity contribution in [3.8, 4) is 0 Å². The maximum atomic E-state index is 12.7. The van der Waals surface area contributed by atoms with Gasteiger partial charge in [-0.3, -0.25) is 9.69 Å². The molecule has 2 saturated heterocycles. The number of rotatable bonds is 6. The summed E-state index contributed by atoms with van der Waals surface area (Å²) < 4.78 is 6.00. The van der Waals surface area contributed by atoms with Crippen molar-refractivity contribution in [1.82, 2.24) is 10.2 Å². The molecule has 0 spiro atoms. The molecule has 0 radical (unpaired) electrons. The van der Waals surface area contributed by atoms with Crippen molar-refractivity contribution >= 4 is 40.8 Å². The number of thiophene rings is 1. The fourth-order valence-corrected chi connectivity index (χ4v) is 7.30. The molecule has 0 aliphatic carbocycles. The van der Waals surface area contributed by atoms with E-state index in [-0.39, 0.29) is 11.9 Å². The Morgan fingerprint density at radius 1 is 1.14 bits per heavy atom. The highest BCUT2D eigenvalue weighted by Crippen LogP contribution is 2.43. The molecule has 2 aliphatic rings. The Hall–Kier alpha value is -0.990. The van der Waals surface area contributed by atoms with Gasteiger partial charge in [0.2, 0.25) is 0 Å². The topological polar surface area (TPSA) is 41.6 Å². The van der Waals surface area contributed by atoms with Crippen LogP contribution < -0.4 is 5.32 Å². The van der Waals surface area contributed by atoms with E-state index in [2.05, 4.69) is 39.9 Å². The lowest BCUT2D eigenvalue weighted by atomic mass is 10.1. The van der Waals surface area contributed by atoms with Crippen molar-refractivity contribution in [3.05, 3.63) is 57.8 Å². The molecular weight excluding hydrogens is 408 g/mol. The summed E-state index contributed by atoms with van der Waals surface area (Å²) in [6.45, 7) is 3.95. The average Bonchev–Trinajstić information content (AvgIpc) is 3.30. The normalized spacial score (nSPS) is 20.0. The molecule has 1 amide bonds. The minimum Gasteiger partial charge on any atom is -0.379 e. The fourth-order valence-electron chi connectivity index (χ4n) is 3.54. The van der Waals surface area contributed by atoms with Crippen LogP contribution in [-0.4, -0.2) is 55.2 Å². The monoisotopic (exact) mass is 434 g/mol. The number of thioether (sulfide) groups is 2. The van der Waals surface area contributed by atoms with Gasteiger partial charge >= 0.3 is 0 Å². The van der Waals surface area contributed by atoms with E-state index in [4.69, 9.17) is 4.74 Å². The third kappa shape index (κ3) is 5.13. The molecule has 2 aliphatic heterocycles. The van der Waals surface area contributed by atoms with Gasteiger partial charge in [0.05, 0.1) is 23.8 Å². The van der Waals surface area contributed by atoms with Gasteiger partial charge in [-0.05, 0) is 47.1 Å². The molecule has 2 aromatic rings. The van der Waals surface area contributed by atoms with Gasteiger partial charge in [-0.1, -0.05) is 18.2 Å². The first-order chi connectivity index (χ1) is 13.8. The van der Waals surface area contributed by atoms with Gasteiger partial charge in [-0.25, -0.2) is 0 Å². The van der Waals surface area contributed by atoms with Gasteiger partial charge in [-0.2, -0.15) is 0 Å². The van der Waals surface area contributed by atoms with Crippen LogP contribution in [0.1, 0.15) is 37.8 Å². The Morgan fingerprint density at radius 2 is 1.89 bits per heavy atom. The molecule has 4 nitrogen and oxygen atoms in total. The van der Waals surface area contributed by atoms with Crippen LogP contribution in [0.5, 0.6) is 0 Å². The number of nitrogens with zero attached hydrogens (tertiary/aromatic N) is 1. The summed E-state index contributed by atoms with van der Waals surface area (Å²) in [5, 5.41) is 5.26. The van der Waals surface area contributed by atoms with Crippen LogP contribution in [0.2, 0.25) is 0 Å². The standard InChI is InChI=1S/C21H26N2O2S3/c24-20(16-4-6-17(7-5-16)21-27-13-2-14-28-21)22-15-18(19-3-1-12-26-19)23-8-10-25-11-9-23/h1,3-7,12,18,21H,2,8-11,13-15H2,(H,22,24). The number of amides is 1. The highest BCUT2D eigenvalue weighted by Gasteiger charge is 2.24. The summed E-state index contributed by atoms with van der Waals surface area (Å²) >= 11 is 5.77. The van der Waals surface area contributed by atoms with Crippen LogP contribution in [-0.2, 0) is 4.74 Å². The minimum absolute atomic E-state index is 0.00492. The number of hydrogen-bond acceptors (Lipinski definition) is 6. The van der Waals surface area contributed by atoms with Crippen LogP contribution in [0.25, 0.3) is 0 Å². The smallest absolute Gasteiger partial charge is 0.251 e. The molecule has 1 unspecified atom stereocenters. The van der Waals surface area contributed by atoms with Crippen LogP contribution >= 0.6 is 34.9 Å². The van der Waals surface area contributed by atoms with Gasteiger partial charge < -0.3 is 10.1 Å². The van der Waals surface area contributed by atoms with Crippen molar-refractivity contribution in [2.24, 2.45) is 0 Å². The molecule has 1 aromatic heterocycles. The summed E-state index contributed by atoms with van der Waals surface area (Å²) in [6.07, 6.45) is 1.29. The van der Waals surface area contributed by atoms with E-state index < -0.39 is 0 Å². The second-order valence-corrected chi connectivity index (χ2v) is 10.6. The van der Waals surface area contributed by atoms with Crippen molar-refractivity contribution in [2.45, 2.75) is 17.0 Å². The van der Waals surface area contributed by atoms with Crippen molar-refractivity contribution in [2.75, 3.05) is 44.4 Å². The summed E-state index contributed by atoms with van der Waals surface area (Å²) in [5.41, 5.74) is 2.05. The molecule has 7 heteroatoms. The zero-order chi connectivity index (χ0) is 19.2. The molecule has 1 N–H and O–H groups in total. The van der Waals surface area contributed by atoms with E-state index in [1.54, 1.807) is 11.3 Å². The molecule has 0 saturated carbocycles. The van der Waals surface area contributed by atoms with Gasteiger partial charge in [-0.15, -0.1) is 34.9 Å². The van der Waals surface area contributed by atoms with Crippen molar-refractivity contribution < 1.29 is 9.53 Å². The molecule has 1 aromatic carbocycles. The van der Waals surface area contributed by atoms with E-state index in [1.807, 2.05) is 35.7 Å².